The van der Waals surface area contributed by atoms with E-state index in [-0.39, 0.29) is 0 Å². The molecular formula is C15H23NO. The van der Waals surface area contributed by atoms with Crippen molar-refractivity contribution < 1.29 is 4.74 Å². The average molecular weight is 233 g/mol. The summed E-state index contributed by atoms with van der Waals surface area (Å²) in [5, 5.41) is 0. The standard InChI is InChI=1S/C15H23NO/c1-12(2)11-16-10-6-8-14(16)13-7-4-5-9-15(13)17-3/h4-5,7,9,12,14H,6,8,10-11H2,1-3H3/t14-/m0/s1. The quantitative estimate of drug-likeness (QED) is 0.789. The Morgan fingerprint density at radius 3 is 2.82 bits per heavy atom. The molecule has 1 aliphatic rings. The Hall–Kier alpha value is -1.02. The first-order valence-corrected chi connectivity index (χ1v) is 6.59. The Bertz CT molecular complexity index is 362. The van der Waals surface area contributed by atoms with Crippen molar-refractivity contribution in [1.29, 1.82) is 0 Å². The molecular weight excluding hydrogens is 210 g/mol. The van der Waals surface area contributed by atoms with E-state index in [1.165, 1.54) is 31.5 Å². The van der Waals surface area contributed by atoms with Gasteiger partial charge < -0.3 is 4.74 Å². The van der Waals surface area contributed by atoms with Crippen molar-refractivity contribution in [3.05, 3.63) is 29.8 Å². The first-order valence-electron chi connectivity index (χ1n) is 6.59. The summed E-state index contributed by atoms with van der Waals surface area (Å²) in [7, 11) is 1.76. The molecule has 0 radical (unpaired) electrons. The van der Waals surface area contributed by atoms with Crippen LogP contribution < -0.4 is 4.74 Å². The second-order valence-electron chi connectivity index (χ2n) is 5.29. The summed E-state index contributed by atoms with van der Waals surface area (Å²) in [5.74, 6) is 1.76. The number of rotatable bonds is 4. The van der Waals surface area contributed by atoms with Crippen molar-refractivity contribution in [2.45, 2.75) is 32.7 Å². The van der Waals surface area contributed by atoms with Crippen LogP contribution in [-0.2, 0) is 0 Å². The fourth-order valence-electron chi connectivity index (χ4n) is 2.81. The molecule has 0 N–H and O–H groups in total. The number of nitrogens with zero attached hydrogens (tertiary/aromatic N) is 1. The van der Waals surface area contributed by atoms with Crippen LogP contribution in [0.3, 0.4) is 0 Å². The highest BCUT2D eigenvalue weighted by Gasteiger charge is 2.28. The van der Waals surface area contributed by atoms with E-state index in [9.17, 15) is 0 Å². The number of benzene rings is 1. The van der Waals surface area contributed by atoms with Gasteiger partial charge in [0.2, 0.25) is 0 Å². The van der Waals surface area contributed by atoms with Gasteiger partial charge in [-0.15, -0.1) is 0 Å². The van der Waals surface area contributed by atoms with E-state index in [0.29, 0.717) is 6.04 Å². The van der Waals surface area contributed by atoms with Gasteiger partial charge in [0.25, 0.3) is 0 Å². The summed E-state index contributed by atoms with van der Waals surface area (Å²) < 4.78 is 5.48. The highest BCUT2D eigenvalue weighted by atomic mass is 16.5. The minimum atomic E-state index is 0.550. The molecule has 0 bridgehead atoms. The van der Waals surface area contributed by atoms with Gasteiger partial charge >= 0.3 is 0 Å². The minimum absolute atomic E-state index is 0.550. The van der Waals surface area contributed by atoms with Crippen molar-refractivity contribution in [1.82, 2.24) is 4.90 Å². The Labute approximate surface area is 105 Å². The molecule has 1 fully saturated rings. The van der Waals surface area contributed by atoms with Gasteiger partial charge in [-0.25, -0.2) is 0 Å². The molecule has 2 rings (SSSR count). The van der Waals surface area contributed by atoms with Gasteiger partial charge in [-0.3, -0.25) is 4.90 Å². The number of hydrogen-bond acceptors (Lipinski definition) is 2. The monoisotopic (exact) mass is 233 g/mol. The van der Waals surface area contributed by atoms with Crippen molar-refractivity contribution >= 4 is 0 Å². The predicted molar refractivity (Wildman–Crippen MR) is 71.4 cm³/mol. The number of para-hydroxylation sites is 1. The Morgan fingerprint density at radius 2 is 2.12 bits per heavy atom. The molecule has 1 saturated heterocycles. The molecule has 1 aliphatic heterocycles. The third-order valence-electron chi connectivity index (χ3n) is 3.46. The zero-order valence-corrected chi connectivity index (χ0v) is 11.1. The average Bonchev–Trinajstić information content (AvgIpc) is 2.76. The van der Waals surface area contributed by atoms with E-state index in [2.05, 4.69) is 36.9 Å². The topological polar surface area (TPSA) is 12.5 Å². The van der Waals surface area contributed by atoms with Crippen LogP contribution in [0, 0.1) is 5.92 Å². The van der Waals surface area contributed by atoms with Gasteiger partial charge in [0.1, 0.15) is 5.75 Å². The zero-order valence-electron chi connectivity index (χ0n) is 11.1. The normalized spacial score (nSPS) is 21.1. The van der Waals surface area contributed by atoms with Gasteiger partial charge in [-0.05, 0) is 31.4 Å². The Morgan fingerprint density at radius 1 is 1.35 bits per heavy atom. The lowest BCUT2D eigenvalue weighted by Crippen LogP contribution is -2.27. The largest absolute Gasteiger partial charge is 0.496 e. The highest BCUT2D eigenvalue weighted by molar-refractivity contribution is 5.36. The second-order valence-corrected chi connectivity index (χ2v) is 5.29. The minimum Gasteiger partial charge on any atom is -0.496 e. The maximum atomic E-state index is 5.48. The molecule has 0 aliphatic carbocycles. The zero-order chi connectivity index (χ0) is 12.3. The number of ether oxygens (including phenoxy) is 1. The third kappa shape index (κ3) is 2.81. The molecule has 1 aromatic carbocycles. The number of likely N-dealkylation sites (tertiary alicyclic amines) is 1. The molecule has 94 valence electrons. The summed E-state index contributed by atoms with van der Waals surface area (Å²) in [6.45, 7) is 6.98. The fourth-order valence-corrected chi connectivity index (χ4v) is 2.81. The molecule has 0 saturated carbocycles. The molecule has 2 heteroatoms. The van der Waals surface area contributed by atoms with E-state index < -0.39 is 0 Å². The predicted octanol–water partition coefficient (Wildman–Crippen LogP) is 3.49. The van der Waals surface area contributed by atoms with Crippen molar-refractivity contribution in [2.75, 3.05) is 20.2 Å². The maximum absolute atomic E-state index is 5.48. The molecule has 0 spiro atoms. The first kappa shape index (κ1) is 12.4. The smallest absolute Gasteiger partial charge is 0.123 e. The van der Waals surface area contributed by atoms with Gasteiger partial charge in [-0.1, -0.05) is 32.0 Å². The molecule has 0 aromatic heterocycles. The van der Waals surface area contributed by atoms with Crippen LogP contribution >= 0.6 is 0 Å². The van der Waals surface area contributed by atoms with Crippen molar-refractivity contribution in [2.24, 2.45) is 5.92 Å². The van der Waals surface area contributed by atoms with Crippen molar-refractivity contribution in [3.63, 3.8) is 0 Å². The van der Waals surface area contributed by atoms with E-state index in [1.807, 2.05) is 6.07 Å². The molecule has 1 atom stereocenters. The number of hydrogen-bond donors (Lipinski definition) is 0. The second kappa shape index (κ2) is 5.54. The van der Waals surface area contributed by atoms with E-state index in [0.717, 1.165) is 11.7 Å². The molecule has 1 heterocycles. The van der Waals surface area contributed by atoms with Gasteiger partial charge in [0, 0.05) is 18.2 Å². The van der Waals surface area contributed by atoms with E-state index in [4.69, 9.17) is 4.74 Å². The molecule has 0 unspecified atom stereocenters. The summed E-state index contributed by atoms with van der Waals surface area (Å²) >= 11 is 0. The Kier molecular flexibility index (Phi) is 4.06. The van der Waals surface area contributed by atoms with Gasteiger partial charge in [0.15, 0.2) is 0 Å². The SMILES string of the molecule is COc1ccccc1[C@@H]1CCCN1CC(C)C. The maximum Gasteiger partial charge on any atom is 0.123 e. The lowest BCUT2D eigenvalue weighted by Gasteiger charge is -2.27. The van der Waals surface area contributed by atoms with E-state index >= 15 is 0 Å². The summed E-state index contributed by atoms with van der Waals surface area (Å²) in [6.07, 6.45) is 2.56. The first-order chi connectivity index (χ1) is 8.22. The van der Waals surface area contributed by atoms with Crippen LogP contribution in [0.2, 0.25) is 0 Å². The summed E-state index contributed by atoms with van der Waals surface area (Å²) in [4.78, 5) is 2.60. The van der Waals surface area contributed by atoms with Crippen LogP contribution in [0.4, 0.5) is 0 Å². The highest BCUT2D eigenvalue weighted by Crippen LogP contribution is 2.36. The van der Waals surface area contributed by atoms with Crippen LogP contribution in [0.1, 0.15) is 38.3 Å². The Balaban J connectivity index is 2.19. The van der Waals surface area contributed by atoms with Gasteiger partial charge in [0.05, 0.1) is 7.11 Å². The summed E-state index contributed by atoms with van der Waals surface area (Å²) in [6, 6.07) is 8.99. The van der Waals surface area contributed by atoms with Crippen LogP contribution in [0.15, 0.2) is 24.3 Å². The van der Waals surface area contributed by atoms with Crippen LogP contribution in [-0.4, -0.2) is 25.1 Å². The number of methoxy groups -OCH3 is 1. The fraction of sp³-hybridized carbons (Fsp3) is 0.600. The lowest BCUT2D eigenvalue weighted by molar-refractivity contribution is 0.224. The van der Waals surface area contributed by atoms with Crippen LogP contribution in [0.25, 0.3) is 0 Å². The molecule has 1 aromatic rings. The van der Waals surface area contributed by atoms with Gasteiger partial charge in [-0.2, -0.15) is 0 Å². The molecule has 0 amide bonds. The van der Waals surface area contributed by atoms with Crippen LogP contribution in [0.5, 0.6) is 5.75 Å². The lowest BCUT2D eigenvalue weighted by atomic mass is 10.0. The van der Waals surface area contributed by atoms with E-state index in [1.54, 1.807) is 7.11 Å². The molecule has 2 nitrogen and oxygen atoms in total. The van der Waals surface area contributed by atoms with Crippen molar-refractivity contribution in [3.8, 4) is 5.75 Å². The molecule has 17 heavy (non-hydrogen) atoms. The third-order valence-corrected chi connectivity index (χ3v) is 3.46. The summed E-state index contributed by atoms with van der Waals surface area (Å²) in [5.41, 5.74) is 1.35.